The summed E-state index contributed by atoms with van der Waals surface area (Å²) in [6.45, 7) is 3.94. The van der Waals surface area contributed by atoms with E-state index in [1.54, 1.807) is 22.8 Å². The largest absolute Gasteiger partial charge is 0.354 e. The van der Waals surface area contributed by atoms with Gasteiger partial charge < -0.3 is 9.88 Å². The molecule has 0 atom stereocenters. The molecule has 1 spiro atoms. The summed E-state index contributed by atoms with van der Waals surface area (Å²) in [5.41, 5.74) is 1.53. The first-order chi connectivity index (χ1) is 13.5. The Hall–Kier alpha value is -2.45. The van der Waals surface area contributed by atoms with Crippen LogP contribution in [-0.4, -0.2) is 52.8 Å². The van der Waals surface area contributed by atoms with Crippen molar-refractivity contribution in [2.45, 2.75) is 36.6 Å². The van der Waals surface area contributed by atoms with E-state index in [0.29, 0.717) is 18.0 Å². The lowest BCUT2D eigenvalue weighted by Crippen LogP contribution is -2.46. The Bertz CT molecular complexity index is 1120. The second-order valence-electron chi connectivity index (χ2n) is 7.83. The van der Waals surface area contributed by atoms with E-state index in [4.69, 9.17) is 0 Å². The summed E-state index contributed by atoms with van der Waals surface area (Å²) in [7, 11) is -3.52. The van der Waals surface area contributed by atoms with Crippen molar-refractivity contribution < 1.29 is 8.42 Å². The third-order valence-electron chi connectivity index (χ3n) is 5.87. The minimum Gasteiger partial charge on any atom is -0.354 e. The molecule has 2 fully saturated rings. The highest BCUT2D eigenvalue weighted by molar-refractivity contribution is 7.89. The number of aromatic nitrogens is 3. The standard InChI is InChI=1S/C20H23N5O2S/c1-15-3-5-16(6-4-15)28(26,27)25-12-2-11-24(13-20(25)8-9-20)19-17-7-10-21-18(17)22-14-23-19/h3-7,10,14H,2,8-9,11-13H2,1H3,(H,21,22,23). The zero-order chi connectivity index (χ0) is 19.4. The molecule has 1 N–H and O–H groups in total. The minimum atomic E-state index is -3.52. The molecule has 3 aromatic rings. The normalized spacial score (nSPS) is 19.8. The first kappa shape index (κ1) is 17.6. The molecule has 1 saturated heterocycles. The average Bonchev–Trinajstić information content (AvgIpc) is 3.34. The summed E-state index contributed by atoms with van der Waals surface area (Å²) in [6.07, 6.45) is 5.97. The van der Waals surface area contributed by atoms with Gasteiger partial charge in [0.2, 0.25) is 10.0 Å². The zero-order valence-electron chi connectivity index (χ0n) is 15.8. The maximum absolute atomic E-state index is 13.4. The van der Waals surface area contributed by atoms with Crippen LogP contribution in [-0.2, 0) is 10.0 Å². The molecular weight excluding hydrogens is 374 g/mol. The fraction of sp³-hybridized carbons (Fsp3) is 0.400. The third-order valence-corrected chi connectivity index (χ3v) is 7.89. The molecule has 7 nitrogen and oxygen atoms in total. The maximum Gasteiger partial charge on any atom is 0.243 e. The Balaban J connectivity index is 1.49. The molecule has 1 aromatic carbocycles. The predicted molar refractivity (Wildman–Crippen MR) is 108 cm³/mol. The molecule has 3 heterocycles. The van der Waals surface area contributed by atoms with Gasteiger partial charge in [-0.15, -0.1) is 0 Å². The van der Waals surface area contributed by atoms with E-state index in [0.717, 1.165) is 48.2 Å². The van der Waals surface area contributed by atoms with Gasteiger partial charge in [-0.05, 0) is 44.4 Å². The smallest absolute Gasteiger partial charge is 0.243 e. The van der Waals surface area contributed by atoms with E-state index >= 15 is 0 Å². The van der Waals surface area contributed by atoms with Gasteiger partial charge in [0, 0.05) is 25.8 Å². The topological polar surface area (TPSA) is 82.2 Å². The number of rotatable bonds is 3. The Morgan fingerprint density at radius 3 is 2.61 bits per heavy atom. The number of hydrogen-bond donors (Lipinski definition) is 1. The van der Waals surface area contributed by atoms with E-state index in [1.165, 1.54) is 0 Å². The van der Waals surface area contributed by atoms with Gasteiger partial charge in [-0.3, -0.25) is 0 Å². The van der Waals surface area contributed by atoms with Crippen molar-refractivity contribution in [1.82, 2.24) is 19.3 Å². The van der Waals surface area contributed by atoms with Crippen LogP contribution in [0.25, 0.3) is 11.0 Å². The van der Waals surface area contributed by atoms with Crippen molar-refractivity contribution in [2.75, 3.05) is 24.5 Å². The zero-order valence-corrected chi connectivity index (χ0v) is 16.6. The number of anilines is 1. The molecule has 28 heavy (non-hydrogen) atoms. The van der Waals surface area contributed by atoms with Crippen LogP contribution < -0.4 is 4.90 Å². The van der Waals surface area contributed by atoms with Gasteiger partial charge in [-0.25, -0.2) is 18.4 Å². The summed E-state index contributed by atoms with van der Waals surface area (Å²) >= 11 is 0. The van der Waals surface area contributed by atoms with Gasteiger partial charge in [0.15, 0.2) is 0 Å². The lowest BCUT2D eigenvalue weighted by atomic mass is 10.2. The minimum absolute atomic E-state index is 0.339. The number of H-pyrrole nitrogens is 1. The number of nitrogens with zero attached hydrogens (tertiary/aromatic N) is 4. The van der Waals surface area contributed by atoms with Crippen LogP contribution in [0.5, 0.6) is 0 Å². The summed E-state index contributed by atoms with van der Waals surface area (Å²) in [5.74, 6) is 0.882. The number of hydrogen-bond acceptors (Lipinski definition) is 5. The van der Waals surface area contributed by atoms with Crippen LogP contribution in [0.2, 0.25) is 0 Å². The van der Waals surface area contributed by atoms with Crippen LogP contribution in [0, 0.1) is 6.92 Å². The van der Waals surface area contributed by atoms with Crippen molar-refractivity contribution in [1.29, 1.82) is 0 Å². The van der Waals surface area contributed by atoms with Crippen LogP contribution >= 0.6 is 0 Å². The van der Waals surface area contributed by atoms with Crippen molar-refractivity contribution in [3.05, 3.63) is 48.4 Å². The molecular formula is C20H23N5O2S. The summed E-state index contributed by atoms with van der Waals surface area (Å²) < 4.78 is 28.5. The Morgan fingerprint density at radius 1 is 1.07 bits per heavy atom. The van der Waals surface area contributed by atoms with Crippen LogP contribution in [0.3, 0.4) is 0 Å². The van der Waals surface area contributed by atoms with E-state index < -0.39 is 10.0 Å². The van der Waals surface area contributed by atoms with Crippen molar-refractivity contribution in [2.24, 2.45) is 0 Å². The van der Waals surface area contributed by atoms with Gasteiger partial charge in [-0.2, -0.15) is 4.31 Å². The first-order valence-corrected chi connectivity index (χ1v) is 11.1. The monoisotopic (exact) mass is 397 g/mol. The number of nitrogens with one attached hydrogen (secondary N) is 1. The second kappa shape index (κ2) is 6.28. The highest BCUT2D eigenvalue weighted by atomic mass is 32.2. The molecule has 0 unspecified atom stereocenters. The number of sulfonamides is 1. The second-order valence-corrected chi connectivity index (χ2v) is 9.69. The molecule has 5 rings (SSSR count). The molecule has 1 aliphatic heterocycles. The van der Waals surface area contributed by atoms with E-state index in [2.05, 4.69) is 19.9 Å². The number of fused-ring (bicyclic) bond motifs is 1. The highest BCUT2D eigenvalue weighted by Crippen LogP contribution is 2.47. The fourth-order valence-electron chi connectivity index (χ4n) is 4.21. The molecule has 0 amide bonds. The van der Waals surface area contributed by atoms with Crippen molar-refractivity contribution in [3.63, 3.8) is 0 Å². The van der Waals surface area contributed by atoms with Gasteiger partial charge in [-0.1, -0.05) is 17.7 Å². The fourth-order valence-corrected chi connectivity index (χ4v) is 6.07. The predicted octanol–water partition coefficient (Wildman–Crippen LogP) is 2.70. The molecule has 2 aromatic heterocycles. The molecule has 0 bridgehead atoms. The number of aryl methyl sites for hydroxylation is 1. The van der Waals surface area contributed by atoms with Crippen molar-refractivity contribution in [3.8, 4) is 0 Å². The van der Waals surface area contributed by atoms with Crippen LogP contribution in [0.4, 0.5) is 5.82 Å². The SMILES string of the molecule is Cc1ccc(S(=O)(=O)N2CCCN(c3ncnc4[nH]ccc34)CC23CC3)cc1. The lowest BCUT2D eigenvalue weighted by Gasteiger charge is -2.31. The van der Waals surface area contributed by atoms with Crippen LogP contribution in [0.15, 0.2) is 47.8 Å². The maximum atomic E-state index is 13.4. The lowest BCUT2D eigenvalue weighted by molar-refractivity contribution is 0.320. The first-order valence-electron chi connectivity index (χ1n) is 9.62. The Kier molecular flexibility index (Phi) is 3.96. The third kappa shape index (κ3) is 2.79. The van der Waals surface area contributed by atoms with E-state index in [1.807, 2.05) is 31.3 Å². The van der Waals surface area contributed by atoms with Crippen molar-refractivity contribution >= 4 is 26.9 Å². The van der Waals surface area contributed by atoms with Gasteiger partial charge in [0.1, 0.15) is 17.8 Å². The number of benzene rings is 1. The molecule has 0 radical (unpaired) electrons. The van der Waals surface area contributed by atoms with Gasteiger partial charge >= 0.3 is 0 Å². The van der Waals surface area contributed by atoms with Gasteiger partial charge in [0.05, 0.1) is 15.8 Å². The van der Waals surface area contributed by atoms with E-state index in [9.17, 15) is 8.42 Å². The summed E-state index contributed by atoms with van der Waals surface area (Å²) in [6, 6.07) is 9.14. The number of aromatic amines is 1. The molecule has 1 aliphatic carbocycles. The molecule has 2 aliphatic rings. The molecule has 8 heteroatoms. The quantitative estimate of drug-likeness (QED) is 0.735. The summed E-state index contributed by atoms with van der Waals surface area (Å²) in [5, 5.41) is 0.980. The average molecular weight is 398 g/mol. The Labute approximate surface area is 164 Å². The summed E-state index contributed by atoms with van der Waals surface area (Å²) in [4.78, 5) is 14.5. The molecule has 146 valence electrons. The Morgan fingerprint density at radius 2 is 1.86 bits per heavy atom. The van der Waals surface area contributed by atoms with E-state index in [-0.39, 0.29) is 5.54 Å². The van der Waals surface area contributed by atoms with Crippen LogP contribution in [0.1, 0.15) is 24.8 Å². The highest BCUT2D eigenvalue weighted by Gasteiger charge is 2.55. The van der Waals surface area contributed by atoms with Gasteiger partial charge in [0.25, 0.3) is 0 Å². The molecule has 1 saturated carbocycles.